The van der Waals surface area contributed by atoms with Crippen LogP contribution in [-0.2, 0) is 16.1 Å². The zero-order valence-corrected chi connectivity index (χ0v) is 12.0. The number of rotatable bonds is 2. The molecule has 4 nitrogen and oxygen atoms in total. The van der Waals surface area contributed by atoms with Crippen LogP contribution in [0.5, 0.6) is 0 Å². The van der Waals surface area contributed by atoms with Gasteiger partial charge in [0.1, 0.15) is 0 Å². The first-order valence-corrected chi connectivity index (χ1v) is 6.57. The molecule has 0 N–H and O–H groups in total. The molecule has 1 aromatic carbocycles. The standard InChI is InChI=1S/C16H18N2O2/c1-4-8-14(19)18-15(20)11-16(2,3)17(18)12-13-9-6-5-7-10-13/h5-7,9-10H,11-12H2,1-3H3. The van der Waals surface area contributed by atoms with Crippen molar-refractivity contribution in [1.82, 2.24) is 10.0 Å². The molecular weight excluding hydrogens is 252 g/mol. The summed E-state index contributed by atoms with van der Waals surface area (Å²) in [4.78, 5) is 24.1. The van der Waals surface area contributed by atoms with Crippen LogP contribution in [0.25, 0.3) is 0 Å². The molecule has 0 aromatic heterocycles. The van der Waals surface area contributed by atoms with Crippen molar-refractivity contribution in [3.05, 3.63) is 35.9 Å². The third-order valence-corrected chi connectivity index (χ3v) is 3.36. The van der Waals surface area contributed by atoms with Gasteiger partial charge in [-0.3, -0.25) is 9.59 Å². The average Bonchev–Trinajstić information content (AvgIpc) is 2.60. The van der Waals surface area contributed by atoms with Crippen molar-refractivity contribution in [1.29, 1.82) is 0 Å². The number of carbonyl (C=O) groups excluding carboxylic acids is 2. The zero-order chi connectivity index (χ0) is 14.8. The van der Waals surface area contributed by atoms with Gasteiger partial charge < -0.3 is 0 Å². The topological polar surface area (TPSA) is 40.6 Å². The molecule has 0 saturated carbocycles. The van der Waals surface area contributed by atoms with Crippen molar-refractivity contribution >= 4 is 11.8 Å². The van der Waals surface area contributed by atoms with E-state index in [9.17, 15) is 9.59 Å². The number of nitrogens with zero attached hydrogens (tertiary/aromatic N) is 2. The van der Waals surface area contributed by atoms with Crippen molar-refractivity contribution in [2.24, 2.45) is 0 Å². The molecule has 0 atom stereocenters. The second-order valence-corrected chi connectivity index (χ2v) is 5.42. The van der Waals surface area contributed by atoms with Gasteiger partial charge in [-0.05, 0) is 32.3 Å². The summed E-state index contributed by atoms with van der Waals surface area (Å²) in [6, 6.07) is 9.78. The van der Waals surface area contributed by atoms with Gasteiger partial charge in [0.15, 0.2) is 0 Å². The van der Waals surface area contributed by atoms with Gasteiger partial charge in [-0.2, -0.15) is 5.01 Å². The largest absolute Gasteiger partial charge is 0.319 e. The first-order valence-electron chi connectivity index (χ1n) is 6.57. The van der Waals surface area contributed by atoms with Crippen LogP contribution in [-0.4, -0.2) is 27.4 Å². The number of hydrazine groups is 1. The van der Waals surface area contributed by atoms with E-state index >= 15 is 0 Å². The van der Waals surface area contributed by atoms with E-state index in [4.69, 9.17) is 0 Å². The number of benzene rings is 1. The highest BCUT2D eigenvalue weighted by Crippen LogP contribution is 2.31. The monoisotopic (exact) mass is 270 g/mol. The molecule has 0 radical (unpaired) electrons. The van der Waals surface area contributed by atoms with Gasteiger partial charge in [-0.15, -0.1) is 0 Å². The van der Waals surface area contributed by atoms with Crippen LogP contribution >= 0.6 is 0 Å². The Hall–Kier alpha value is -2.12. The number of hydrogen-bond acceptors (Lipinski definition) is 3. The second kappa shape index (κ2) is 5.48. The minimum Gasteiger partial charge on any atom is -0.273 e. The molecule has 1 aliphatic heterocycles. The smallest absolute Gasteiger partial charge is 0.273 e. The third kappa shape index (κ3) is 2.73. The molecular formula is C16H18N2O2. The lowest BCUT2D eigenvalue weighted by Gasteiger charge is -2.34. The maximum atomic E-state index is 12.1. The van der Waals surface area contributed by atoms with Crippen molar-refractivity contribution in [2.45, 2.75) is 39.3 Å². The Morgan fingerprint density at radius 3 is 2.55 bits per heavy atom. The highest BCUT2D eigenvalue weighted by molar-refractivity contribution is 6.05. The first-order chi connectivity index (χ1) is 9.45. The van der Waals surface area contributed by atoms with Crippen molar-refractivity contribution < 1.29 is 9.59 Å². The molecule has 1 heterocycles. The summed E-state index contributed by atoms with van der Waals surface area (Å²) in [7, 11) is 0. The average molecular weight is 270 g/mol. The highest BCUT2D eigenvalue weighted by atomic mass is 16.2. The molecule has 0 spiro atoms. The van der Waals surface area contributed by atoms with Gasteiger partial charge in [-0.1, -0.05) is 36.3 Å². The lowest BCUT2D eigenvalue weighted by Crippen LogP contribution is -2.49. The Bertz CT molecular complexity index is 581. The number of amides is 2. The Morgan fingerprint density at radius 2 is 1.95 bits per heavy atom. The zero-order valence-electron chi connectivity index (χ0n) is 12.0. The van der Waals surface area contributed by atoms with Crippen LogP contribution in [0.2, 0.25) is 0 Å². The molecule has 1 aromatic rings. The quantitative estimate of drug-likeness (QED) is 0.771. The van der Waals surface area contributed by atoms with E-state index in [2.05, 4.69) is 11.8 Å². The Kier molecular flexibility index (Phi) is 3.91. The number of hydrogen-bond donors (Lipinski definition) is 0. The van der Waals surface area contributed by atoms with E-state index in [0.29, 0.717) is 13.0 Å². The van der Waals surface area contributed by atoms with E-state index < -0.39 is 11.4 Å². The van der Waals surface area contributed by atoms with Gasteiger partial charge in [0, 0.05) is 18.5 Å². The van der Waals surface area contributed by atoms with Crippen LogP contribution in [0.1, 0.15) is 32.8 Å². The fourth-order valence-corrected chi connectivity index (χ4v) is 2.37. The second-order valence-electron chi connectivity index (χ2n) is 5.42. The van der Waals surface area contributed by atoms with Crippen molar-refractivity contribution in [3.63, 3.8) is 0 Å². The van der Waals surface area contributed by atoms with Crippen LogP contribution in [0.15, 0.2) is 30.3 Å². The van der Waals surface area contributed by atoms with Crippen LogP contribution < -0.4 is 0 Å². The summed E-state index contributed by atoms with van der Waals surface area (Å²) in [5.41, 5.74) is 0.662. The molecule has 2 rings (SSSR count). The summed E-state index contributed by atoms with van der Waals surface area (Å²) in [6.45, 7) is 6.02. The molecule has 2 amide bonds. The van der Waals surface area contributed by atoms with Gasteiger partial charge >= 0.3 is 5.91 Å². The number of carbonyl (C=O) groups is 2. The summed E-state index contributed by atoms with van der Waals surface area (Å²) in [5, 5.41) is 2.99. The van der Waals surface area contributed by atoms with Crippen LogP contribution in [0.3, 0.4) is 0 Å². The Labute approximate surface area is 119 Å². The van der Waals surface area contributed by atoms with E-state index in [1.807, 2.05) is 44.2 Å². The van der Waals surface area contributed by atoms with Crippen molar-refractivity contribution in [2.75, 3.05) is 0 Å². The maximum absolute atomic E-state index is 12.1. The lowest BCUT2D eigenvalue weighted by molar-refractivity contribution is -0.156. The molecule has 0 unspecified atom stereocenters. The van der Waals surface area contributed by atoms with E-state index in [1.54, 1.807) is 11.9 Å². The van der Waals surface area contributed by atoms with Gasteiger partial charge in [-0.25, -0.2) is 5.01 Å². The van der Waals surface area contributed by atoms with E-state index in [1.165, 1.54) is 5.01 Å². The highest BCUT2D eigenvalue weighted by Gasteiger charge is 2.46. The summed E-state index contributed by atoms with van der Waals surface area (Å²) >= 11 is 0. The molecule has 20 heavy (non-hydrogen) atoms. The molecule has 0 aliphatic carbocycles. The van der Waals surface area contributed by atoms with Gasteiger partial charge in [0.2, 0.25) is 5.91 Å². The third-order valence-electron chi connectivity index (χ3n) is 3.36. The lowest BCUT2D eigenvalue weighted by atomic mass is 10.0. The first kappa shape index (κ1) is 14.3. The van der Waals surface area contributed by atoms with Crippen LogP contribution in [0, 0.1) is 11.8 Å². The Balaban J connectivity index is 2.31. The fraction of sp³-hybridized carbons (Fsp3) is 0.375. The summed E-state index contributed by atoms with van der Waals surface area (Å²) in [5.74, 6) is 4.35. The summed E-state index contributed by atoms with van der Waals surface area (Å²) < 4.78 is 0. The van der Waals surface area contributed by atoms with Crippen LogP contribution in [0.4, 0.5) is 0 Å². The molecule has 104 valence electrons. The fourth-order valence-electron chi connectivity index (χ4n) is 2.37. The predicted molar refractivity (Wildman–Crippen MR) is 76.0 cm³/mol. The predicted octanol–water partition coefficient (Wildman–Crippen LogP) is 1.96. The van der Waals surface area contributed by atoms with E-state index in [-0.39, 0.29) is 5.91 Å². The van der Waals surface area contributed by atoms with Gasteiger partial charge in [0.05, 0.1) is 0 Å². The number of imide groups is 1. The molecule has 1 aliphatic rings. The van der Waals surface area contributed by atoms with E-state index in [0.717, 1.165) is 5.56 Å². The molecule has 1 fully saturated rings. The molecule has 4 heteroatoms. The minimum atomic E-state index is -0.459. The van der Waals surface area contributed by atoms with Gasteiger partial charge in [0.25, 0.3) is 0 Å². The Morgan fingerprint density at radius 1 is 1.30 bits per heavy atom. The molecule has 0 bridgehead atoms. The maximum Gasteiger partial charge on any atom is 0.319 e. The minimum absolute atomic E-state index is 0.196. The van der Waals surface area contributed by atoms with Crippen molar-refractivity contribution in [3.8, 4) is 11.8 Å². The molecule has 1 saturated heterocycles. The summed E-state index contributed by atoms with van der Waals surface area (Å²) in [6.07, 6.45) is 0.316. The normalized spacial score (nSPS) is 17.8. The SMILES string of the molecule is CC#CC(=O)N1C(=O)CC(C)(C)N1Cc1ccccc1.